The second-order valence-electron chi connectivity index (χ2n) is 5.84. The third-order valence-electron chi connectivity index (χ3n) is 2.82. The van der Waals surface area contributed by atoms with Crippen LogP contribution in [0, 0.1) is 6.92 Å². The average molecular weight is 278 g/mol. The second-order valence-corrected chi connectivity index (χ2v) is 6.28. The van der Waals surface area contributed by atoms with Gasteiger partial charge in [0.2, 0.25) is 0 Å². The molecular weight excluding hydrogens is 258 g/mol. The Kier molecular flexibility index (Phi) is 3.97. The summed E-state index contributed by atoms with van der Waals surface area (Å²) < 4.78 is 1.88. The molecule has 0 spiro atoms. The first-order chi connectivity index (χ1) is 8.85. The van der Waals surface area contributed by atoms with Crippen molar-refractivity contribution in [1.29, 1.82) is 0 Å². The summed E-state index contributed by atoms with van der Waals surface area (Å²) in [5.74, 6) is 0. The standard InChI is InChI=1S/C15H20ClN3/c1-11-8-18-19(10-11)14-7-13(16)6-5-12(14)9-17-15(2,3)4/h5-8,10,17H,9H2,1-4H3. The van der Waals surface area contributed by atoms with Crippen LogP contribution in [-0.4, -0.2) is 15.3 Å². The fourth-order valence-corrected chi connectivity index (χ4v) is 1.97. The Hall–Kier alpha value is -1.32. The smallest absolute Gasteiger partial charge is 0.0705 e. The van der Waals surface area contributed by atoms with Crippen molar-refractivity contribution in [3.63, 3.8) is 0 Å². The van der Waals surface area contributed by atoms with Crippen molar-refractivity contribution in [2.45, 2.75) is 39.8 Å². The van der Waals surface area contributed by atoms with Crippen molar-refractivity contribution in [3.8, 4) is 5.69 Å². The van der Waals surface area contributed by atoms with Crippen molar-refractivity contribution in [1.82, 2.24) is 15.1 Å². The number of aryl methyl sites for hydroxylation is 1. The lowest BCUT2D eigenvalue weighted by Crippen LogP contribution is -2.35. The number of nitrogens with zero attached hydrogens (tertiary/aromatic N) is 2. The number of halogens is 1. The van der Waals surface area contributed by atoms with E-state index in [1.807, 2.05) is 42.2 Å². The minimum Gasteiger partial charge on any atom is -0.308 e. The van der Waals surface area contributed by atoms with E-state index in [2.05, 4.69) is 31.2 Å². The zero-order chi connectivity index (χ0) is 14.0. The summed E-state index contributed by atoms with van der Waals surface area (Å²) >= 11 is 6.10. The van der Waals surface area contributed by atoms with Crippen LogP contribution in [0.15, 0.2) is 30.6 Å². The topological polar surface area (TPSA) is 29.9 Å². The van der Waals surface area contributed by atoms with Crippen molar-refractivity contribution >= 4 is 11.6 Å². The molecule has 2 aromatic rings. The molecule has 19 heavy (non-hydrogen) atoms. The zero-order valence-electron chi connectivity index (χ0n) is 11.9. The molecule has 0 saturated carbocycles. The van der Waals surface area contributed by atoms with E-state index in [9.17, 15) is 0 Å². The molecule has 1 N–H and O–H groups in total. The molecule has 0 atom stereocenters. The fraction of sp³-hybridized carbons (Fsp3) is 0.400. The molecule has 0 radical (unpaired) electrons. The Morgan fingerprint density at radius 3 is 2.63 bits per heavy atom. The van der Waals surface area contributed by atoms with Crippen LogP contribution >= 0.6 is 11.6 Å². The fourth-order valence-electron chi connectivity index (χ4n) is 1.80. The van der Waals surface area contributed by atoms with Crippen molar-refractivity contribution in [2.75, 3.05) is 0 Å². The predicted molar refractivity (Wildman–Crippen MR) is 79.9 cm³/mol. The van der Waals surface area contributed by atoms with Crippen molar-refractivity contribution in [3.05, 3.63) is 46.7 Å². The first-order valence-electron chi connectivity index (χ1n) is 6.40. The molecule has 0 aliphatic rings. The van der Waals surface area contributed by atoms with Gasteiger partial charge in [0.15, 0.2) is 0 Å². The van der Waals surface area contributed by atoms with Crippen molar-refractivity contribution in [2.24, 2.45) is 0 Å². The van der Waals surface area contributed by atoms with Crippen LogP contribution in [-0.2, 0) is 6.54 Å². The van der Waals surface area contributed by atoms with Gasteiger partial charge in [-0.1, -0.05) is 17.7 Å². The van der Waals surface area contributed by atoms with E-state index in [0.717, 1.165) is 22.8 Å². The van der Waals surface area contributed by atoms with Gasteiger partial charge in [-0.05, 0) is 51.0 Å². The van der Waals surface area contributed by atoms with Gasteiger partial charge in [-0.15, -0.1) is 0 Å². The van der Waals surface area contributed by atoms with Crippen LogP contribution in [0.1, 0.15) is 31.9 Å². The SMILES string of the molecule is Cc1cnn(-c2cc(Cl)ccc2CNC(C)(C)C)c1. The highest BCUT2D eigenvalue weighted by Crippen LogP contribution is 2.20. The van der Waals surface area contributed by atoms with Crippen LogP contribution in [0.3, 0.4) is 0 Å². The Labute approximate surface area is 119 Å². The third kappa shape index (κ3) is 3.82. The molecule has 0 unspecified atom stereocenters. The molecule has 1 aromatic heterocycles. The maximum atomic E-state index is 6.10. The lowest BCUT2D eigenvalue weighted by molar-refractivity contribution is 0.424. The Bertz CT molecular complexity index is 567. The summed E-state index contributed by atoms with van der Waals surface area (Å²) in [6.45, 7) is 9.28. The zero-order valence-corrected chi connectivity index (χ0v) is 12.6. The van der Waals surface area contributed by atoms with Gasteiger partial charge < -0.3 is 5.32 Å². The van der Waals surface area contributed by atoms with E-state index in [4.69, 9.17) is 11.6 Å². The van der Waals surface area contributed by atoms with E-state index in [-0.39, 0.29) is 5.54 Å². The van der Waals surface area contributed by atoms with Gasteiger partial charge in [-0.25, -0.2) is 4.68 Å². The number of benzene rings is 1. The summed E-state index contributed by atoms with van der Waals surface area (Å²) in [4.78, 5) is 0. The first kappa shape index (κ1) is 14.1. The molecule has 2 rings (SSSR count). The van der Waals surface area contributed by atoms with Gasteiger partial charge in [0.25, 0.3) is 0 Å². The quantitative estimate of drug-likeness (QED) is 0.927. The van der Waals surface area contributed by atoms with Gasteiger partial charge in [0.05, 0.1) is 11.9 Å². The molecule has 0 fully saturated rings. The first-order valence-corrected chi connectivity index (χ1v) is 6.78. The normalized spacial score (nSPS) is 11.8. The predicted octanol–water partition coefficient (Wildman–Crippen LogP) is 3.72. The summed E-state index contributed by atoms with van der Waals surface area (Å²) in [6, 6.07) is 5.92. The van der Waals surface area contributed by atoms with Crippen LogP contribution in [0.2, 0.25) is 5.02 Å². The molecule has 0 aliphatic carbocycles. The van der Waals surface area contributed by atoms with E-state index in [1.165, 1.54) is 5.56 Å². The second kappa shape index (κ2) is 5.35. The van der Waals surface area contributed by atoms with Gasteiger partial charge in [0.1, 0.15) is 0 Å². The minimum atomic E-state index is 0.0803. The Morgan fingerprint density at radius 1 is 1.32 bits per heavy atom. The van der Waals surface area contributed by atoms with Gasteiger partial charge in [0, 0.05) is 23.3 Å². The number of nitrogens with one attached hydrogen (secondary N) is 1. The molecule has 1 heterocycles. The maximum absolute atomic E-state index is 6.10. The lowest BCUT2D eigenvalue weighted by atomic mass is 10.1. The van der Waals surface area contributed by atoms with Crippen molar-refractivity contribution < 1.29 is 0 Å². The molecular formula is C15H20ClN3. The monoisotopic (exact) mass is 277 g/mol. The maximum Gasteiger partial charge on any atom is 0.0705 e. The average Bonchev–Trinajstić information content (AvgIpc) is 2.73. The van der Waals surface area contributed by atoms with Crippen LogP contribution in [0.25, 0.3) is 5.69 Å². The Morgan fingerprint density at radius 2 is 2.05 bits per heavy atom. The summed E-state index contributed by atoms with van der Waals surface area (Å²) in [5, 5.41) is 8.58. The molecule has 0 saturated heterocycles. The van der Waals surface area contributed by atoms with Gasteiger partial charge in [-0.2, -0.15) is 5.10 Å². The third-order valence-corrected chi connectivity index (χ3v) is 3.05. The van der Waals surface area contributed by atoms with E-state index in [0.29, 0.717) is 0 Å². The Balaban J connectivity index is 2.33. The summed E-state index contributed by atoms with van der Waals surface area (Å²) in [7, 11) is 0. The molecule has 4 heteroatoms. The minimum absolute atomic E-state index is 0.0803. The highest BCUT2D eigenvalue weighted by Gasteiger charge is 2.12. The van der Waals surface area contributed by atoms with Gasteiger partial charge >= 0.3 is 0 Å². The highest BCUT2D eigenvalue weighted by atomic mass is 35.5. The molecule has 1 aromatic carbocycles. The lowest BCUT2D eigenvalue weighted by Gasteiger charge is -2.21. The van der Waals surface area contributed by atoms with E-state index < -0.39 is 0 Å². The highest BCUT2D eigenvalue weighted by molar-refractivity contribution is 6.30. The largest absolute Gasteiger partial charge is 0.308 e. The number of hydrogen-bond acceptors (Lipinski definition) is 2. The number of hydrogen-bond donors (Lipinski definition) is 1. The molecule has 0 bridgehead atoms. The van der Waals surface area contributed by atoms with Crippen LogP contribution in [0.4, 0.5) is 0 Å². The van der Waals surface area contributed by atoms with Crippen LogP contribution in [0.5, 0.6) is 0 Å². The van der Waals surface area contributed by atoms with E-state index in [1.54, 1.807) is 0 Å². The number of aromatic nitrogens is 2. The summed E-state index contributed by atoms with van der Waals surface area (Å²) in [5.41, 5.74) is 3.42. The molecule has 0 aliphatic heterocycles. The number of rotatable bonds is 3. The summed E-state index contributed by atoms with van der Waals surface area (Å²) in [6.07, 6.45) is 3.86. The van der Waals surface area contributed by atoms with E-state index >= 15 is 0 Å². The molecule has 3 nitrogen and oxygen atoms in total. The molecule has 102 valence electrons. The molecule has 0 amide bonds. The van der Waals surface area contributed by atoms with Gasteiger partial charge in [-0.3, -0.25) is 0 Å². The van der Waals surface area contributed by atoms with Crippen LogP contribution < -0.4 is 5.32 Å².